The highest BCUT2D eigenvalue weighted by atomic mass is 32.1. The van der Waals surface area contributed by atoms with Crippen molar-refractivity contribution in [1.29, 1.82) is 0 Å². The summed E-state index contributed by atoms with van der Waals surface area (Å²) in [6.07, 6.45) is 8.09. The van der Waals surface area contributed by atoms with Gasteiger partial charge in [-0.15, -0.1) is 11.3 Å². The lowest BCUT2D eigenvalue weighted by Gasteiger charge is -2.21. The van der Waals surface area contributed by atoms with Gasteiger partial charge in [-0.05, 0) is 59.0 Å². The Labute approximate surface area is 263 Å². The van der Waals surface area contributed by atoms with E-state index in [1.807, 2.05) is 17.4 Å². The molecule has 212 valence electrons. The van der Waals surface area contributed by atoms with E-state index in [4.69, 9.17) is 4.42 Å². The summed E-state index contributed by atoms with van der Waals surface area (Å²) in [5, 5.41) is 7.44. The predicted octanol–water partition coefficient (Wildman–Crippen LogP) is 12.3. The van der Waals surface area contributed by atoms with Gasteiger partial charge in [0.2, 0.25) is 0 Å². The number of rotatable bonds is 3. The lowest BCUT2D eigenvalue weighted by Crippen LogP contribution is -2.08. The number of hydrogen-bond acceptors (Lipinski definition) is 2. The van der Waals surface area contributed by atoms with Gasteiger partial charge in [-0.25, -0.2) is 0 Å². The van der Waals surface area contributed by atoms with E-state index < -0.39 is 0 Å². The largest absolute Gasteiger partial charge is 0.455 e. The van der Waals surface area contributed by atoms with Gasteiger partial charge in [0, 0.05) is 36.3 Å². The molecule has 0 N–H and O–H groups in total. The molecule has 10 rings (SSSR count). The zero-order valence-electron chi connectivity index (χ0n) is 24.4. The number of aromatic nitrogens is 1. The Kier molecular flexibility index (Phi) is 5.31. The minimum absolute atomic E-state index is 0.184. The van der Waals surface area contributed by atoms with Crippen LogP contribution in [0.15, 0.2) is 150 Å². The van der Waals surface area contributed by atoms with Crippen LogP contribution in [-0.4, -0.2) is 4.57 Å². The zero-order valence-corrected chi connectivity index (χ0v) is 25.2. The standard InChI is InChI=1S/C42H27NOS/c1-2-9-26(10-3-1)28-19-22-35-37(25-28)43(36-24-23-33-31-11-4-6-15-38(31)44-41(33)40(35)36)29-20-17-27(18-21-29)30-13-8-14-34-32-12-5-7-16-39(32)45-42(30)34/h1-20,22-25,29H,21H2. The number of fused-ring (bicyclic) bond motifs is 10. The highest BCUT2D eigenvalue weighted by Gasteiger charge is 2.23. The van der Waals surface area contributed by atoms with Crippen LogP contribution in [0, 0.1) is 0 Å². The van der Waals surface area contributed by atoms with Gasteiger partial charge >= 0.3 is 0 Å². The quantitative estimate of drug-likeness (QED) is 0.199. The molecule has 1 aliphatic rings. The topological polar surface area (TPSA) is 18.1 Å². The summed E-state index contributed by atoms with van der Waals surface area (Å²) in [7, 11) is 0. The lowest BCUT2D eigenvalue weighted by atomic mass is 9.95. The number of benzene rings is 6. The second kappa shape index (κ2) is 9.56. The lowest BCUT2D eigenvalue weighted by molar-refractivity contribution is 0.649. The van der Waals surface area contributed by atoms with E-state index in [0.29, 0.717) is 0 Å². The average molecular weight is 594 g/mol. The fraction of sp³-hybridized carbons (Fsp3) is 0.0476. The molecule has 45 heavy (non-hydrogen) atoms. The summed E-state index contributed by atoms with van der Waals surface area (Å²) < 4.78 is 11.8. The fourth-order valence-electron chi connectivity index (χ4n) is 7.45. The Morgan fingerprint density at radius 2 is 1.42 bits per heavy atom. The molecule has 6 aromatic carbocycles. The molecule has 0 fully saturated rings. The van der Waals surface area contributed by atoms with Crippen molar-refractivity contribution in [3.8, 4) is 11.1 Å². The minimum atomic E-state index is 0.184. The molecule has 0 aliphatic heterocycles. The van der Waals surface area contributed by atoms with Gasteiger partial charge in [-0.2, -0.15) is 0 Å². The van der Waals surface area contributed by atoms with Crippen LogP contribution in [0.5, 0.6) is 0 Å². The Hall–Kier alpha value is -5.38. The average Bonchev–Trinajstić information content (AvgIpc) is 3.78. The molecule has 1 unspecified atom stereocenters. The van der Waals surface area contributed by atoms with Crippen LogP contribution < -0.4 is 0 Å². The van der Waals surface area contributed by atoms with Gasteiger partial charge in [0.1, 0.15) is 11.2 Å². The van der Waals surface area contributed by atoms with E-state index in [1.54, 1.807) is 0 Å². The maximum Gasteiger partial charge on any atom is 0.145 e. The SMILES string of the molecule is C1=CC(n2c3cc(-c4ccccc4)ccc3c3c4oc5ccccc5c4ccc32)CC=C1c1cccc2c1sc1ccccc12. The number of allylic oxidation sites excluding steroid dienone is 4. The smallest absolute Gasteiger partial charge is 0.145 e. The highest BCUT2D eigenvalue weighted by molar-refractivity contribution is 7.26. The van der Waals surface area contributed by atoms with Crippen molar-refractivity contribution < 1.29 is 4.42 Å². The van der Waals surface area contributed by atoms with E-state index in [9.17, 15) is 0 Å². The van der Waals surface area contributed by atoms with Crippen molar-refractivity contribution in [2.75, 3.05) is 0 Å². The Morgan fingerprint density at radius 1 is 0.622 bits per heavy atom. The summed E-state index contributed by atoms with van der Waals surface area (Å²) >= 11 is 1.90. The number of furan rings is 1. The van der Waals surface area contributed by atoms with Crippen LogP contribution in [0.1, 0.15) is 18.0 Å². The van der Waals surface area contributed by atoms with Crippen molar-refractivity contribution in [3.05, 3.63) is 151 Å². The van der Waals surface area contributed by atoms with Crippen molar-refractivity contribution in [2.45, 2.75) is 12.5 Å². The molecule has 0 spiro atoms. The zero-order chi connectivity index (χ0) is 29.5. The number of thiophene rings is 1. The predicted molar refractivity (Wildman–Crippen MR) is 192 cm³/mol. The molecule has 0 saturated carbocycles. The Morgan fingerprint density at radius 3 is 2.31 bits per heavy atom. The molecule has 1 aliphatic carbocycles. The summed E-state index contributed by atoms with van der Waals surface area (Å²) in [4.78, 5) is 0. The number of hydrogen-bond donors (Lipinski definition) is 0. The molecule has 0 bridgehead atoms. The van der Waals surface area contributed by atoms with E-state index in [0.717, 1.165) is 23.0 Å². The molecule has 3 heteroatoms. The molecule has 0 amide bonds. The van der Waals surface area contributed by atoms with E-state index in [2.05, 4.69) is 144 Å². The normalized spacial score (nSPS) is 15.3. The van der Waals surface area contributed by atoms with Gasteiger partial charge in [0.25, 0.3) is 0 Å². The van der Waals surface area contributed by atoms with Crippen LogP contribution in [-0.2, 0) is 0 Å². The second-order valence-electron chi connectivity index (χ2n) is 12.0. The van der Waals surface area contributed by atoms with Gasteiger partial charge in [0.05, 0.1) is 22.5 Å². The summed E-state index contributed by atoms with van der Waals surface area (Å²) in [6, 6.07) is 46.2. The van der Waals surface area contributed by atoms with Crippen molar-refractivity contribution in [2.24, 2.45) is 0 Å². The van der Waals surface area contributed by atoms with Gasteiger partial charge < -0.3 is 8.98 Å². The van der Waals surface area contributed by atoms with E-state index in [1.165, 1.54) is 69.6 Å². The van der Waals surface area contributed by atoms with Crippen molar-refractivity contribution in [1.82, 2.24) is 4.57 Å². The van der Waals surface area contributed by atoms with Crippen molar-refractivity contribution in [3.63, 3.8) is 0 Å². The summed E-state index contributed by atoms with van der Waals surface area (Å²) in [6.45, 7) is 0. The van der Waals surface area contributed by atoms with Crippen LogP contribution in [0.25, 0.3) is 80.6 Å². The van der Waals surface area contributed by atoms with Gasteiger partial charge in [-0.1, -0.05) is 115 Å². The molecular formula is C42H27NOS. The highest BCUT2D eigenvalue weighted by Crippen LogP contribution is 2.44. The van der Waals surface area contributed by atoms with Crippen LogP contribution >= 0.6 is 11.3 Å². The van der Waals surface area contributed by atoms with Crippen LogP contribution in [0.3, 0.4) is 0 Å². The fourth-order valence-corrected chi connectivity index (χ4v) is 8.69. The summed E-state index contributed by atoms with van der Waals surface area (Å²) in [5.74, 6) is 0. The molecular weight excluding hydrogens is 567 g/mol. The Bertz CT molecular complexity index is 2680. The van der Waals surface area contributed by atoms with Crippen LogP contribution in [0.4, 0.5) is 0 Å². The van der Waals surface area contributed by atoms with Gasteiger partial charge in [-0.3, -0.25) is 0 Å². The third kappa shape index (κ3) is 3.68. The molecule has 0 saturated heterocycles. The first-order chi connectivity index (χ1) is 22.3. The third-order valence-electron chi connectivity index (χ3n) is 9.54. The number of para-hydroxylation sites is 1. The monoisotopic (exact) mass is 593 g/mol. The van der Waals surface area contributed by atoms with Gasteiger partial charge in [0.15, 0.2) is 0 Å². The van der Waals surface area contributed by atoms with Crippen molar-refractivity contribution >= 4 is 80.8 Å². The maximum atomic E-state index is 6.59. The third-order valence-corrected chi connectivity index (χ3v) is 10.8. The summed E-state index contributed by atoms with van der Waals surface area (Å²) in [5.41, 5.74) is 9.41. The first-order valence-corrected chi connectivity index (χ1v) is 16.4. The number of nitrogens with zero attached hydrogens (tertiary/aromatic N) is 1. The molecule has 2 nitrogen and oxygen atoms in total. The van der Waals surface area contributed by atoms with E-state index >= 15 is 0 Å². The maximum absolute atomic E-state index is 6.59. The first-order valence-electron chi connectivity index (χ1n) is 15.5. The molecule has 3 heterocycles. The minimum Gasteiger partial charge on any atom is -0.455 e. The molecule has 0 radical (unpaired) electrons. The molecule has 1 atom stereocenters. The molecule has 3 aromatic heterocycles. The second-order valence-corrected chi connectivity index (χ2v) is 13.1. The Balaban J connectivity index is 1.16. The molecule has 9 aromatic rings. The first kappa shape index (κ1) is 25.0. The van der Waals surface area contributed by atoms with Crippen LogP contribution in [0.2, 0.25) is 0 Å². The van der Waals surface area contributed by atoms with E-state index in [-0.39, 0.29) is 6.04 Å².